The van der Waals surface area contributed by atoms with Crippen LogP contribution < -0.4 is 5.09 Å². The minimum atomic E-state index is -4.42. The second-order valence-corrected chi connectivity index (χ2v) is 4.12. The largest absolute Gasteiger partial charge is 0.429 e. The lowest BCUT2D eigenvalue weighted by atomic mass is 10.4. The highest BCUT2D eigenvalue weighted by Gasteiger charge is 2.17. The Hall–Kier alpha value is -1.15. The number of nitrogens with zero attached hydrogens (tertiary/aromatic N) is 2. The zero-order valence-corrected chi connectivity index (χ0v) is 8.17. The van der Waals surface area contributed by atoms with E-state index in [0.717, 1.165) is 0 Å². The van der Waals surface area contributed by atoms with Crippen molar-refractivity contribution in [2.75, 3.05) is 5.09 Å². The molecule has 0 aromatic carbocycles. The fourth-order valence-corrected chi connectivity index (χ4v) is 1.79. The van der Waals surface area contributed by atoms with Crippen molar-refractivity contribution in [3.05, 3.63) is 5.82 Å². The van der Waals surface area contributed by atoms with E-state index in [1.165, 1.54) is 6.29 Å². The molecule has 4 N–H and O–H groups in total. The number of hydrogen-bond donors (Lipinski definition) is 4. The van der Waals surface area contributed by atoms with Crippen LogP contribution in [0.1, 0.15) is 5.82 Å². The molecule has 1 aromatic rings. The summed E-state index contributed by atoms with van der Waals surface area (Å²) in [6.07, 6.45) is 1.25. The van der Waals surface area contributed by atoms with Gasteiger partial charge < -0.3 is 9.79 Å². The van der Waals surface area contributed by atoms with Gasteiger partial charge in [0.05, 0.1) is 0 Å². The quantitative estimate of drug-likeness (QED) is 0.408. The zero-order chi connectivity index (χ0) is 10.8. The van der Waals surface area contributed by atoms with Crippen LogP contribution in [0.3, 0.4) is 0 Å². The first-order valence-electron chi connectivity index (χ1n) is 3.07. The highest BCUT2D eigenvalue weighted by Crippen LogP contribution is 2.35. The molecule has 0 atom stereocenters. The van der Waals surface area contributed by atoms with E-state index in [2.05, 4.69) is 9.36 Å². The Balaban J connectivity index is 2.84. The molecule has 1 aromatic heterocycles. The van der Waals surface area contributed by atoms with Gasteiger partial charge in [0.1, 0.15) is 0 Å². The Bertz CT molecular complexity index is 411. The van der Waals surface area contributed by atoms with E-state index in [-0.39, 0.29) is 11.0 Å². The average Bonchev–Trinajstić information content (AvgIpc) is 2.48. The molecule has 0 spiro atoms. The van der Waals surface area contributed by atoms with E-state index in [1.54, 1.807) is 5.09 Å². The van der Waals surface area contributed by atoms with Crippen LogP contribution in [-0.2, 0) is 9.36 Å². The predicted molar refractivity (Wildman–Crippen MR) is 48.1 cm³/mol. The fourth-order valence-electron chi connectivity index (χ4n) is 0.541. The van der Waals surface area contributed by atoms with Crippen molar-refractivity contribution in [1.29, 1.82) is 5.41 Å². The molecule has 0 aliphatic heterocycles. The van der Waals surface area contributed by atoms with Gasteiger partial charge in [0, 0.05) is 11.5 Å². The van der Waals surface area contributed by atoms with Gasteiger partial charge in [-0.3, -0.25) is 15.3 Å². The third-order valence-corrected chi connectivity index (χ3v) is 2.28. The monoisotopic (exact) mass is 235 g/mol. The van der Waals surface area contributed by atoms with E-state index in [1.807, 2.05) is 0 Å². The molecular formula is C4H4N4O4PS. The highest BCUT2D eigenvalue weighted by atomic mass is 32.1. The second-order valence-electron chi connectivity index (χ2n) is 2.06. The van der Waals surface area contributed by atoms with Crippen molar-refractivity contribution in [3.63, 3.8) is 0 Å². The molecule has 0 amide bonds. The van der Waals surface area contributed by atoms with E-state index >= 15 is 0 Å². The number of nitrogens with one attached hydrogen (secondary N) is 2. The van der Waals surface area contributed by atoms with Gasteiger partial charge in [-0.2, -0.15) is 9.36 Å². The van der Waals surface area contributed by atoms with Gasteiger partial charge in [-0.1, -0.05) is 0 Å². The number of carbonyl (C=O) groups excluding carboxylic acids is 1. The summed E-state index contributed by atoms with van der Waals surface area (Å²) in [5.74, 6) is -0.221. The van der Waals surface area contributed by atoms with Crippen LogP contribution in [0.25, 0.3) is 0 Å². The summed E-state index contributed by atoms with van der Waals surface area (Å²) in [5.41, 5.74) is -0.569. The summed E-state index contributed by atoms with van der Waals surface area (Å²) in [6.45, 7) is 0. The van der Waals surface area contributed by atoms with Crippen LogP contribution in [0.5, 0.6) is 0 Å². The molecule has 8 nitrogen and oxygen atoms in total. The van der Waals surface area contributed by atoms with Crippen molar-refractivity contribution in [2.24, 2.45) is 0 Å². The second kappa shape index (κ2) is 3.93. The van der Waals surface area contributed by atoms with Gasteiger partial charge in [-0.25, -0.2) is 4.57 Å². The van der Waals surface area contributed by atoms with Gasteiger partial charge in [-0.05, 0) is 0 Å². The third kappa shape index (κ3) is 2.96. The molecule has 0 saturated carbocycles. The zero-order valence-electron chi connectivity index (χ0n) is 6.46. The van der Waals surface area contributed by atoms with Crippen molar-refractivity contribution >= 4 is 36.4 Å². The van der Waals surface area contributed by atoms with E-state index in [9.17, 15) is 9.36 Å². The molecule has 75 valence electrons. The van der Waals surface area contributed by atoms with Gasteiger partial charge >= 0.3 is 7.75 Å². The van der Waals surface area contributed by atoms with Crippen LogP contribution in [0, 0.1) is 5.41 Å². The van der Waals surface area contributed by atoms with E-state index in [0.29, 0.717) is 11.5 Å². The first kappa shape index (κ1) is 10.9. The van der Waals surface area contributed by atoms with Crippen molar-refractivity contribution in [2.45, 2.75) is 0 Å². The maximum Gasteiger partial charge on any atom is 0.429 e. The molecule has 0 aliphatic carbocycles. The molecule has 1 heterocycles. The fraction of sp³-hybridized carbons (Fsp3) is 0. The molecule has 0 bridgehead atoms. The smallest absolute Gasteiger partial charge is 0.308 e. The van der Waals surface area contributed by atoms with E-state index < -0.39 is 13.5 Å². The van der Waals surface area contributed by atoms with Crippen LogP contribution in [0.4, 0.5) is 5.13 Å². The Morgan fingerprint density at radius 1 is 1.64 bits per heavy atom. The maximum atomic E-state index is 10.4. The molecule has 14 heavy (non-hydrogen) atoms. The number of hydrogen-bond acceptors (Lipinski definition) is 6. The molecular weight excluding hydrogens is 231 g/mol. The summed E-state index contributed by atoms with van der Waals surface area (Å²) in [7, 11) is -4.42. The molecule has 0 unspecified atom stereocenters. The first-order chi connectivity index (χ1) is 6.42. The number of rotatable bonds is 4. The van der Waals surface area contributed by atoms with E-state index in [4.69, 9.17) is 15.2 Å². The summed E-state index contributed by atoms with van der Waals surface area (Å²) >= 11 is 0.636. The lowest BCUT2D eigenvalue weighted by Gasteiger charge is -2.01. The first-order valence-corrected chi connectivity index (χ1v) is 5.45. The average molecular weight is 235 g/mol. The van der Waals surface area contributed by atoms with Crippen LogP contribution in [0.2, 0.25) is 0 Å². The van der Waals surface area contributed by atoms with Crippen molar-refractivity contribution in [1.82, 2.24) is 9.36 Å². The summed E-state index contributed by atoms with van der Waals surface area (Å²) in [4.78, 5) is 30.5. The Morgan fingerprint density at radius 3 is 2.79 bits per heavy atom. The molecule has 10 heteroatoms. The number of aromatic nitrogens is 2. The third-order valence-electron chi connectivity index (χ3n) is 0.993. The van der Waals surface area contributed by atoms with Gasteiger partial charge in [-0.15, -0.1) is 0 Å². The topological polar surface area (TPSA) is 136 Å². The van der Waals surface area contributed by atoms with Crippen LogP contribution in [-0.4, -0.2) is 31.1 Å². The highest BCUT2D eigenvalue weighted by molar-refractivity contribution is 7.54. The number of anilines is 1. The lowest BCUT2D eigenvalue weighted by molar-refractivity contribution is 0.380. The molecule has 0 saturated heterocycles. The Labute approximate surface area is 81.9 Å². The molecule has 1 radical (unpaired) electrons. The standard InChI is InChI=1S/C4H4N4O4PS/c5-2(1-9)3-6-4(14-8-3)7-13(10,11)12/h5H,(H3,6,7,8,10,11,12). The molecule has 0 fully saturated rings. The minimum Gasteiger partial charge on any atom is -0.308 e. The summed E-state index contributed by atoms with van der Waals surface area (Å²) in [5, 5.41) is 8.57. The Kier molecular flexibility index (Phi) is 3.06. The summed E-state index contributed by atoms with van der Waals surface area (Å²) in [6, 6.07) is 0. The van der Waals surface area contributed by atoms with Gasteiger partial charge in [0.25, 0.3) is 6.29 Å². The normalized spacial score (nSPS) is 11.0. The minimum absolute atomic E-state index is 0.159. The van der Waals surface area contributed by atoms with Crippen molar-refractivity contribution in [3.8, 4) is 0 Å². The SMILES string of the molecule is N=C([C]=O)c1nsc(NP(=O)(O)O)n1. The van der Waals surface area contributed by atoms with Crippen LogP contribution >= 0.6 is 19.3 Å². The summed E-state index contributed by atoms with van der Waals surface area (Å²) < 4.78 is 13.9. The predicted octanol–water partition coefficient (Wildman–Crippen LogP) is -0.480. The van der Waals surface area contributed by atoms with Gasteiger partial charge in [0.2, 0.25) is 5.13 Å². The van der Waals surface area contributed by atoms with Crippen molar-refractivity contribution < 1.29 is 19.1 Å². The molecule has 1 rings (SSSR count). The lowest BCUT2D eigenvalue weighted by Crippen LogP contribution is -2.02. The molecule has 0 aliphatic rings. The maximum absolute atomic E-state index is 10.4. The Morgan fingerprint density at radius 2 is 2.29 bits per heavy atom. The van der Waals surface area contributed by atoms with Gasteiger partial charge in [0.15, 0.2) is 11.5 Å². The van der Waals surface area contributed by atoms with Crippen LogP contribution in [0.15, 0.2) is 0 Å².